The Labute approximate surface area is 136 Å². The molecule has 0 aliphatic heterocycles. The Morgan fingerprint density at radius 3 is 2.13 bits per heavy atom. The quantitative estimate of drug-likeness (QED) is 0.641. The fraction of sp³-hybridized carbons (Fsp3) is 0.263. The number of nitrogens with zero attached hydrogens (tertiary/aromatic N) is 2. The summed E-state index contributed by atoms with van der Waals surface area (Å²) in [5, 5.41) is 0.483. The maximum absolute atomic E-state index is 13.8. The largest absolute Gasteiger partial charge is 0.268 e. The molecule has 3 rings (SSSR count). The van der Waals surface area contributed by atoms with Crippen molar-refractivity contribution in [3.8, 4) is 5.69 Å². The molecule has 2 aromatic carbocycles. The Bertz CT molecular complexity index is 825. The minimum absolute atomic E-state index is 0.225. The molecule has 1 aromatic heterocycles. The summed E-state index contributed by atoms with van der Waals surface area (Å²) in [6.45, 7) is 9.69. The molecule has 0 spiro atoms. The third-order valence-corrected chi connectivity index (χ3v) is 3.04. The van der Waals surface area contributed by atoms with Gasteiger partial charge < -0.3 is 0 Å². The van der Waals surface area contributed by atoms with Gasteiger partial charge in [0.2, 0.25) is 0 Å². The highest BCUT2D eigenvalue weighted by molar-refractivity contribution is 5.77. The van der Waals surface area contributed by atoms with Gasteiger partial charge in [0.15, 0.2) is 0 Å². The maximum atomic E-state index is 13.8. The first-order chi connectivity index (χ1) is 11.2. The summed E-state index contributed by atoms with van der Waals surface area (Å²) in [6.07, 6.45) is 0. The van der Waals surface area contributed by atoms with E-state index in [9.17, 15) is 9.18 Å². The summed E-state index contributed by atoms with van der Waals surface area (Å²) in [5.74, 6) is 0.0265. The normalized spacial score (nSPS) is 9.48. The first kappa shape index (κ1) is 18.6. The van der Waals surface area contributed by atoms with Gasteiger partial charge in [-0.2, -0.15) is 0 Å². The van der Waals surface area contributed by atoms with E-state index >= 15 is 0 Å². The van der Waals surface area contributed by atoms with Gasteiger partial charge in [-0.25, -0.2) is 9.37 Å². The zero-order valence-corrected chi connectivity index (χ0v) is 14.3. The minimum Gasteiger partial charge on any atom is -0.268 e. The summed E-state index contributed by atoms with van der Waals surface area (Å²) in [6, 6.07) is 13.2. The SMILES string of the molecule is CC.CC.Cc1nc2ccccc2c(=O)n1-c1ccccc1F. The fourth-order valence-corrected chi connectivity index (χ4v) is 2.16. The Morgan fingerprint density at radius 2 is 1.48 bits per heavy atom. The van der Waals surface area contributed by atoms with Crippen LogP contribution in [0.5, 0.6) is 0 Å². The van der Waals surface area contributed by atoms with Crippen LogP contribution in [0.15, 0.2) is 53.3 Å². The first-order valence-electron chi connectivity index (χ1n) is 7.92. The van der Waals surface area contributed by atoms with Crippen molar-refractivity contribution in [2.75, 3.05) is 0 Å². The van der Waals surface area contributed by atoms with E-state index in [1.54, 1.807) is 43.3 Å². The Hall–Kier alpha value is -2.49. The topological polar surface area (TPSA) is 34.9 Å². The Morgan fingerprint density at radius 1 is 0.913 bits per heavy atom. The molecule has 0 aliphatic rings. The van der Waals surface area contributed by atoms with Gasteiger partial charge in [0, 0.05) is 0 Å². The molecule has 0 radical (unpaired) electrons. The smallest absolute Gasteiger partial charge is 0.266 e. The Balaban J connectivity index is 0.000000615. The summed E-state index contributed by atoms with van der Waals surface area (Å²) in [7, 11) is 0. The van der Waals surface area contributed by atoms with Crippen LogP contribution in [0.3, 0.4) is 0 Å². The molecule has 0 saturated carbocycles. The number of rotatable bonds is 1. The van der Waals surface area contributed by atoms with Gasteiger partial charge in [0.1, 0.15) is 11.6 Å². The number of fused-ring (bicyclic) bond motifs is 1. The molecular formula is C19H23FN2O. The van der Waals surface area contributed by atoms with Gasteiger partial charge in [-0.05, 0) is 31.2 Å². The molecule has 0 bridgehead atoms. The van der Waals surface area contributed by atoms with E-state index in [2.05, 4.69) is 4.98 Å². The van der Waals surface area contributed by atoms with Gasteiger partial charge in [-0.15, -0.1) is 0 Å². The molecule has 1 heterocycles. The van der Waals surface area contributed by atoms with Crippen molar-refractivity contribution in [1.29, 1.82) is 0 Å². The lowest BCUT2D eigenvalue weighted by molar-refractivity contribution is 0.613. The molecule has 0 unspecified atom stereocenters. The van der Waals surface area contributed by atoms with Crippen LogP contribution in [0.25, 0.3) is 16.6 Å². The molecule has 3 aromatic rings. The average Bonchev–Trinajstić information content (AvgIpc) is 2.60. The van der Waals surface area contributed by atoms with Crippen LogP contribution in [0.4, 0.5) is 4.39 Å². The third kappa shape index (κ3) is 3.83. The van der Waals surface area contributed by atoms with Crippen molar-refractivity contribution in [2.45, 2.75) is 34.6 Å². The summed E-state index contributed by atoms with van der Waals surface area (Å²) < 4.78 is 15.2. The highest BCUT2D eigenvalue weighted by atomic mass is 19.1. The Kier molecular flexibility index (Phi) is 7.13. The molecule has 0 N–H and O–H groups in total. The fourth-order valence-electron chi connectivity index (χ4n) is 2.16. The van der Waals surface area contributed by atoms with E-state index in [0.29, 0.717) is 16.7 Å². The molecular weight excluding hydrogens is 291 g/mol. The molecule has 0 fully saturated rings. The second kappa shape index (κ2) is 8.83. The van der Waals surface area contributed by atoms with Crippen molar-refractivity contribution >= 4 is 10.9 Å². The maximum Gasteiger partial charge on any atom is 0.266 e. The standard InChI is InChI=1S/C15H11FN2O.2C2H6/c1-10-17-13-8-4-2-6-11(13)15(19)18(10)14-9-5-3-7-12(14)16;2*1-2/h2-9H,1H3;2*1-2H3. The van der Waals surface area contributed by atoms with Crippen molar-refractivity contribution in [2.24, 2.45) is 0 Å². The molecule has 122 valence electrons. The van der Waals surface area contributed by atoms with Crippen LogP contribution >= 0.6 is 0 Å². The van der Waals surface area contributed by atoms with Crippen molar-refractivity contribution in [3.05, 3.63) is 70.5 Å². The highest BCUT2D eigenvalue weighted by Crippen LogP contribution is 2.14. The number of aromatic nitrogens is 2. The third-order valence-electron chi connectivity index (χ3n) is 3.04. The number of hydrogen-bond acceptors (Lipinski definition) is 2. The van der Waals surface area contributed by atoms with Gasteiger partial charge in [0.05, 0.1) is 16.6 Å². The van der Waals surface area contributed by atoms with Crippen molar-refractivity contribution < 1.29 is 4.39 Å². The van der Waals surface area contributed by atoms with E-state index in [0.717, 1.165) is 0 Å². The van der Waals surface area contributed by atoms with E-state index in [4.69, 9.17) is 0 Å². The molecule has 0 saturated heterocycles. The lowest BCUT2D eigenvalue weighted by Gasteiger charge is -2.11. The van der Waals surface area contributed by atoms with Crippen molar-refractivity contribution in [1.82, 2.24) is 9.55 Å². The van der Waals surface area contributed by atoms with E-state index in [1.165, 1.54) is 10.6 Å². The summed E-state index contributed by atoms with van der Waals surface area (Å²) >= 11 is 0. The van der Waals surface area contributed by atoms with E-state index < -0.39 is 5.82 Å². The van der Waals surface area contributed by atoms with Crippen molar-refractivity contribution in [3.63, 3.8) is 0 Å². The van der Waals surface area contributed by atoms with Crippen LogP contribution in [-0.2, 0) is 0 Å². The summed E-state index contributed by atoms with van der Waals surface area (Å²) in [5.41, 5.74) is 0.592. The number of hydrogen-bond donors (Lipinski definition) is 0. The summed E-state index contributed by atoms with van der Waals surface area (Å²) in [4.78, 5) is 16.8. The molecule has 4 heteroatoms. The van der Waals surface area contributed by atoms with Crippen LogP contribution in [0, 0.1) is 12.7 Å². The van der Waals surface area contributed by atoms with Gasteiger partial charge in [-0.1, -0.05) is 52.0 Å². The van der Waals surface area contributed by atoms with E-state index in [1.807, 2.05) is 33.8 Å². The highest BCUT2D eigenvalue weighted by Gasteiger charge is 2.12. The predicted molar refractivity (Wildman–Crippen MR) is 94.7 cm³/mol. The van der Waals surface area contributed by atoms with Gasteiger partial charge in [-0.3, -0.25) is 9.36 Å². The zero-order chi connectivity index (χ0) is 17.4. The van der Waals surface area contributed by atoms with Crippen LogP contribution in [0.2, 0.25) is 0 Å². The number of halogens is 1. The van der Waals surface area contributed by atoms with E-state index in [-0.39, 0.29) is 11.2 Å². The van der Waals surface area contributed by atoms with Crippen LogP contribution < -0.4 is 5.56 Å². The zero-order valence-electron chi connectivity index (χ0n) is 14.3. The lowest BCUT2D eigenvalue weighted by atomic mass is 10.2. The molecule has 0 aliphatic carbocycles. The number of aryl methyl sites for hydroxylation is 1. The molecule has 0 atom stereocenters. The monoisotopic (exact) mass is 314 g/mol. The second-order valence-electron chi connectivity index (χ2n) is 4.27. The van der Waals surface area contributed by atoms with Crippen LogP contribution in [-0.4, -0.2) is 9.55 Å². The minimum atomic E-state index is -0.440. The molecule has 3 nitrogen and oxygen atoms in total. The van der Waals surface area contributed by atoms with Crippen LogP contribution in [0.1, 0.15) is 33.5 Å². The molecule has 0 amide bonds. The number of benzene rings is 2. The number of para-hydroxylation sites is 2. The van der Waals surface area contributed by atoms with Gasteiger partial charge >= 0.3 is 0 Å². The average molecular weight is 314 g/mol. The van der Waals surface area contributed by atoms with Gasteiger partial charge in [0.25, 0.3) is 5.56 Å². The molecule has 23 heavy (non-hydrogen) atoms. The predicted octanol–water partition coefficient (Wildman–Crippen LogP) is 4.89. The first-order valence-corrected chi connectivity index (χ1v) is 7.92. The second-order valence-corrected chi connectivity index (χ2v) is 4.27. The lowest BCUT2D eigenvalue weighted by Crippen LogP contribution is -2.23.